The number of alkyl halides is 3. The van der Waals surface area contributed by atoms with Crippen molar-refractivity contribution in [3.63, 3.8) is 0 Å². The highest BCUT2D eigenvalue weighted by molar-refractivity contribution is 6.31. The summed E-state index contributed by atoms with van der Waals surface area (Å²) < 4.78 is 44.5. The van der Waals surface area contributed by atoms with Crippen LogP contribution < -0.4 is 10.6 Å². The Bertz CT molecular complexity index is 1450. The molecule has 5 rings (SSSR count). The van der Waals surface area contributed by atoms with E-state index in [1.54, 1.807) is 54.9 Å². The molecule has 0 fully saturated rings. The first-order valence-corrected chi connectivity index (χ1v) is 12.1. The summed E-state index contributed by atoms with van der Waals surface area (Å²) in [6, 6.07) is 15.2. The molecule has 1 aliphatic rings. The summed E-state index contributed by atoms with van der Waals surface area (Å²) >= 11 is 6.27. The quantitative estimate of drug-likeness (QED) is 0.318. The van der Waals surface area contributed by atoms with Crippen molar-refractivity contribution in [1.82, 2.24) is 19.6 Å². The van der Waals surface area contributed by atoms with Crippen molar-refractivity contribution in [1.29, 1.82) is 0 Å². The van der Waals surface area contributed by atoms with Gasteiger partial charge in [-0.15, -0.1) is 0 Å². The number of hydrogen-bond donors (Lipinski definition) is 2. The number of aromatic nitrogens is 4. The molecule has 2 atom stereocenters. The molecule has 1 amide bonds. The molecule has 2 unspecified atom stereocenters. The van der Waals surface area contributed by atoms with Gasteiger partial charge >= 0.3 is 6.18 Å². The van der Waals surface area contributed by atoms with Gasteiger partial charge in [0.25, 0.3) is 5.91 Å². The second-order valence-electron chi connectivity index (χ2n) is 9.01. The average molecular weight is 529 g/mol. The molecule has 11 heteroatoms. The van der Waals surface area contributed by atoms with Gasteiger partial charge in [-0.05, 0) is 31.0 Å². The van der Waals surface area contributed by atoms with E-state index in [1.807, 2.05) is 18.2 Å². The lowest BCUT2D eigenvalue weighted by Crippen LogP contribution is -2.35. The van der Waals surface area contributed by atoms with E-state index in [1.165, 1.54) is 6.07 Å². The number of fused-ring (bicyclic) bond motifs is 1. The first kappa shape index (κ1) is 24.9. The van der Waals surface area contributed by atoms with Crippen molar-refractivity contribution >= 4 is 29.0 Å². The molecule has 0 bridgehead atoms. The van der Waals surface area contributed by atoms with Crippen molar-refractivity contribution in [2.24, 2.45) is 0 Å². The Labute approximate surface area is 216 Å². The fourth-order valence-electron chi connectivity index (χ4n) is 4.59. The zero-order valence-electron chi connectivity index (χ0n) is 20.1. The highest BCUT2D eigenvalue weighted by Crippen LogP contribution is 2.43. The van der Waals surface area contributed by atoms with E-state index in [-0.39, 0.29) is 17.9 Å². The van der Waals surface area contributed by atoms with Crippen molar-refractivity contribution in [3.05, 3.63) is 93.9 Å². The van der Waals surface area contributed by atoms with Crippen LogP contribution in [0.1, 0.15) is 51.5 Å². The maximum Gasteiger partial charge on any atom is 0.410 e. The lowest BCUT2D eigenvalue weighted by Gasteiger charge is -2.33. The summed E-state index contributed by atoms with van der Waals surface area (Å²) in [5.41, 5.74) is 3.20. The third-order valence-corrected chi connectivity index (χ3v) is 6.89. The molecule has 2 N–H and O–H groups in total. The second kappa shape index (κ2) is 9.59. The number of aryl methyl sites for hydroxylation is 1. The van der Waals surface area contributed by atoms with Gasteiger partial charge < -0.3 is 10.6 Å². The minimum Gasteiger partial charge on any atom is -0.363 e. The van der Waals surface area contributed by atoms with Gasteiger partial charge in [0, 0.05) is 17.5 Å². The van der Waals surface area contributed by atoms with Crippen LogP contribution in [0.25, 0.3) is 0 Å². The van der Waals surface area contributed by atoms with Crippen LogP contribution in [0.15, 0.2) is 60.7 Å². The number of carbonyl (C=O) groups is 1. The van der Waals surface area contributed by atoms with Crippen LogP contribution in [0.5, 0.6) is 0 Å². The van der Waals surface area contributed by atoms with Gasteiger partial charge in [0.1, 0.15) is 5.82 Å². The molecule has 2 aromatic heterocycles. The SMILES string of the molecule is Cc1nn(Cc2ccccc2Cl)c(C)c1NC(=O)c1cc2n(n1)C(C(F)(F)F)CC(c1ccccc1)N2. The Hall–Kier alpha value is -3.79. The fraction of sp³-hybridized carbons (Fsp3) is 0.269. The van der Waals surface area contributed by atoms with Gasteiger partial charge in [-0.25, -0.2) is 4.68 Å². The third-order valence-electron chi connectivity index (χ3n) is 6.52. The number of anilines is 2. The minimum atomic E-state index is -4.53. The lowest BCUT2D eigenvalue weighted by molar-refractivity contribution is -0.173. The van der Waals surface area contributed by atoms with E-state index >= 15 is 0 Å². The topological polar surface area (TPSA) is 76.8 Å². The van der Waals surface area contributed by atoms with E-state index in [4.69, 9.17) is 11.6 Å². The Morgan fingerprint density at radius 1 is 1.11 bits per heavy atom. The van der Waals surface area contributed by atoms with Crippen molar-refractivity contribution in [2.45, 2.75) is 45.1 Å². The molecule has 192 valence electrons. The number of nitrogens with zero attached hydrogens (tertiary/aromatic N) is 4. The lowest BCUT2D eigenvalue weighted by atomic mass is 9.97. The Morgan fingerprint density at radius 3 is 2.51 bits per heavy atom. The molecule has 4 aromatic rings. The molecule has 3 heterocycles. The van der Waals surface area contributed by atoms with E-state index in [2.05, 4.69) is 20.8 Å². The van der Waals surface area contributed by atoms with E-state index in [9.17, 15) is 18.0 Å². The van der Waals surface area contributed by atoms with Crippen LogP contribution in [0.4, 0.5) is 24.7 Å². The van der Waals surface area contributed by atoms with Gasteiger partial charge in [0.2, 0.25) is 0 Å². The predicted molar refractivity (Wildman–Crippen MR) is 135 cm³/mol. The Morgan fingerprint density at radius 2 is 1.81 bits per heavy atom. The van der Waals surface area contributed by atoms with Crippen molar-refractivity contribution in [2.75, 3.05) is 10.6 Å². The normalized spacial score (nSPS) is 17.2. The largest absolute Gasteiger partial charge is 0.410 e. The fourth-order valence-corrected chi connectivity index (χ4v) is 4.78. The van der Waals surface area contributed by atoms with Crippen LogP contribution in [-0.2, 0) is 6.54 Å². The third kappa shape index (κ3) is 4.93. The maximum absolute atomic E-state index is 14.0. The van der Waals surface area contributed by atoms with E-state index < -0.39 is 24.2 Å². The predicted octanol–water partition coefficient (Wildman–Crippen LogP) is 6.31. The van der Waals surface area contributed by atoms with Crippen LogP contribution in [0.2, 0.25) is 5.02 Å². The number of halogens is 4. The number of amides is 1. The average Bonchev–Trinajstić information content (AvgIpc) is 3.41. The molecule has 2 aromatic carbocycles. The molecule has 0 saturated carbocycles. The van der Waals surface area contributed by atoms with Crippen LogP contribution >= 0.6 is 11.6 Å². The highest BCUT2D eigenvalue weighted by atomic mass is 35.5. The van der Waals surface area contributed by atoms with E-state index in [0.717, 1.165) is 15.8 Å². The molecule has 7 nitrogen and oxygen atoms in total. The zero-order chi connectivity index (χ0) is 26.3. The minimum absolute atomic E-state index is 0.122. The van der Waals surface area contributed by atoms with Crippen LogP contribution in [-0.4, -0.2) is 31.6 Å². The van der Waals surface area contributed by atoms with Crippen molar-refractivity contribution in [3.8, 4) is 0 Å². The maximum atomic E-state index is 14.0. The zero-order valence-corrected chi connectivity index (χ0v) is 20.8. The second-order valence-corrected chi connectivity index (χ2v) is 9.42. The summed E-state index contributed by atoms with van der Waals surface area (Å²) in [4.78, 5) is 13.1. The Balaban J connectivity index is 1.40. The molecular weight excluding hydrogens is 505 g/mol. The van der Waals surface area contributed by atoms with Gasteiger partial charge in [-0.2, -0.15) is 23.4 Å². The molecular formula is C26H24ClF3N6O. The monoisotopic (exact) mass is 528 g/mol. The van der Waals surface area contributed by atoms with Gasteiger partial charge in [0.15, 0.2) is 11.7 Å². The first-order chi connectivity index (χ1) is 17.6. The first-order valence-electron chi connectivity index (χ1n) is 11.7. The van der Waals surface area contributed by atoms with Crippen LogP contribution in [0, 0.1) is 13.8 Å². The van der Waals surface area contributed by atoms with Crippen molar-refractivity contribution < 1.29 is 18.0 Å². The standard InChI is InChI=1S/C26H24ClF3N6O/c1-15-24(16(2)35(33-15)14-18-10-6-7-11-19(18)27)32-25(37)21-13-23-31-20(17-8-4-3-5-9-17)12-22(26(28,29)30)36(23)34-21/h3-11,13,20,22,31H,12,14H2,1-2H3,(H,32,37). The van der Waals surface area contributed by atoms with E-state index in [0.29, 0.717) is 28.6 Å². The molecule has 0 aliphatic carbocycles. The summed E-state index contributed by atoms with van der Waals surface area (Å²) in [6.07, 6.45) is -4.77. The summed E-state index contributed by atoms with van der Waals surface area (Å²) in [6.45, 7) is 3.95. The summed E-state index contributed by atoms with van der Waals surface area (Å²) in [5, 5.41) is 15.0. The summed E-state index contributed by atoms with van der Waals surface area (Å²) in [5.74, 6) is -0.486. The molecule has 0 radical (unpaired) electrons. The molecule has 0 spiro atoms. The number of hydrogen-bond acceptors (Lipinski definition) is 4. The summed E-state index contributed by atoms with van der Waals surface area (Å²) in [7, 11) is 0. The smallest absolute Gasteiger partial charge is 0.363 e. The van der Waals surface area contributed by atoms with Gasteiger partial charge in [-0.3, -0.25) is 9.48 Å². The van der Waals surface area contributed by atoms with Crippen LogP contribution in [0.3, 0.4) is 0 Å². The van der Waals surface area contributed by atoms with Gasteiger partial charge in [0.05, 0.1) is 29.7 Å². The molecule has 37 heavy (non-hydrogen) atoms. The number of rotatable bonds is 5. The Kier molecular flexibility index (Phi) is 6.45. The number of carbonyl (C=O) groups excluding carboxylic acids is 1. The molecule has 0 saturated heterocycles. The molecule has 1 aliphatic heterocycles. The van der Waals surface area contributed by atoms with Gasteiger partial charge in [-0.1, -0.05) is 60.1 Å². The number of nitrogens with one attached hydrogen (secondary N) is 2. The number of benzene rings is 2. The highest BCUT2D eigenvalue weighted by Gasteiger charge is 2.46.